The lowest BCUT2D eigenvalue weighted by Crippen LogP contribution is -3.00. The van der Waals surface area contributed by atoms with Gasteiger partial charge in [0.2, 0.25) is 11.4 Å². The van der Waals surface area contributed by atoms with Gasteiger partial charge in [0.1, 0.15) is 13.1 Å². The molecule has 0 aromatic heterocycles. The summed E-state index contributed by atoms with van der Waals surface area (Å²) in [6, 6.07) is 51.1. The van der Waals surface area contributed by atoms with Crippen molar-refractivity contribution in [2.75, 3.05) is 114 Å². The van der Waals surface area contributed by atoms with Crippen LogP contribution >= 0.6 is 15.9 Å². The van der Waals surface area contributed by atoms with Crippen molar-refractivity contribution in [2.45, 2.75) is 286 Å². The van der Waals surface area contributed by atoms with E-state index in [1.54, 1.807) is 21.3 Å². The first-order chi connectivity index (χ1) is 65.8. The van der Waals surface area contributed by atoms with Crippen LogP contribution in [0.1, 0.15) is 269 Å². The van der Waals surface area contributed by atoms with Crippen LogP contribution in [0.25, 0.3) is 0 Å². The number of para-hydroxylation sites is 6. The highest BCUT2D eigenvalue weighted by atomic mass is 79.9. The number of hydrogen-bond acceptors (Lipinski definition) is 19. The topological polar surface area (TPSA) is 214 Å². The van der Waals surface area contributed by atoms with Crippen molar-refractivity contribution in [1.29, 1.82) is 0 Å². The first-order valence-corrected chi connectivity index (χ1v) is 50.8. The number of ether oxygens (including phenoxy) is 9. The van der Waals surface area contributed by atoms with Gasteiger partial charge < -0.3 is 91.3 Å². The molecule has 0 amide bonds. The second-order valence-corrected chi connectivity index (χ2v) is 39.1. The van der Waals surface area contributed by atoms with Crippen molar-refractivity contribution >= 4 is 103 Å². The number of hydrogen-bond donors (Lipinski definition) is 0. The second kappa shape index (κ2) is 58.2. The highest BCUT2D eigenvalue weighted by molar-refractivity contribution is 9.09. The number of methoxy groups -OCH3 is 3. The third-order valence-corrected chi connectivity index (χ3v) is 27.8. The average Bonchev–Trinajstić information content (AvgIpc) is 1.56. The van der Waals surface area contributed by atoms with E-state index in [4.69, 9.17) is 37.9 Å². The number of rotatable bonds is 40. The summed E-state index contributed by atoms with van der Waals surface area (Å²) < 4.78 is 49.9. The van der Waals surface area contributed by atoms with Gasteiger partial charge >= 0.3 is 35.8 Å². The molecule has 6 aliphatic heterocycles. The molecule has 12 rings (SSSR count). The van der Waals surface area contributed by atoms with E-state index in [2.05, 4.69) is 354 Å². The largest absolute Gasteiger partial charge is 1.00 e. The maximum absolute atomic E-state index is 12.1. The van der Waals surface area contributed by atoms with E-state index in [1.165, 1.54) is 90.3 Å². The summed E-state index contributed by atoms with van der Waals surface area (Å²) in [6.45, 7) is 53.2. The predicted molar refractivity (Wildman–Crippen MR) is 566 cm³/mol. The molecule has 6 heterocycles. The first-order valence-electron chi connectivity index (χ1n) is 49.7. The molecule has 766 valence electrons. The highest BCUT2D eigenvalue weighted by Crippen LogP contribution is 2.54. The van der Waals surface area contributed by atoms with Gasteiger partial charge in [-0.1, -0.05) is 223 Å². The monoisotopic (exact) mass is 2110 g/mol. The van der Waals surface area contributed by atoms with Crippen molar-refractivity contribution in [3.8, 4) is 0 Å². The molecular weight excluding hydrogens is 1960 g/mol. The average molecular weight is 2120 g/mol. The van der Waals surface area contributed by atoms with Crippen LogP contribution in [0, 0.1) is 0 Å². The van der Waals surface area contributed by atoms with Gasteiger partial charge in [0.25, 0.3) is 0 Å². The first kappa shape index (κ1) is 121. The molecule has 6 aromatic rings. The van der Waals surface area contributed by atoms with E-state index in [1.807, 2.05) is 54.5 Å². The summed E-state index contributed by atoms with van der Waals surface area (Å²) in [6.07, 6.45) is 29.7. The van der Waals surface area contributed by atoms with Crippen LogP contribution in [-0.4, -0.2) is 179 Å². The molecular formula is C116H161Br3N6O15. The van der Waals surface area contributed by atoms with Crippen LogP contribution in [0.5, 0.6) is 0 Å². The molecule has 2 unspecified atom stereocenters. The van der Waals surface area contributed by atoms with Crippen LogP contribution in [0.2, 0.25) is 0 Å². The van der Waals surface area contributed by atoms with Gasteiger partial charge in [-0.25, -0.2) is 0 Å². The zero-order valence-electron chi connectivity index (χ0n) is 88.4. The standard InChI is InChI=1S/C38H50N2O4.C37H47N2O4.C17H24NO2.C11H13N.C7H16O3.C6H11BrO2.2BrH/c1-8-43-34(41)24-17-27-39-31-21-14-12-19-29(31)36(3,4)33(39)23-11-10-16-26-38(7)37(5,6)30-20-13-15-22-32(30)40(38)28-18-25-35(42)44-9-2;1-7-42-34(40)24-16-26-38-30-20-14-12-18-28(30)36(3,4)32(38)22-10-9-11-23-33-37(5,6)29-19-13-15-21-31(29)39(33)27-17-25-35(41)43-8-2;1-5-20-16(19)11-8-12-18-13(2)17(3,4)14-9-6-7-10-15(14)18;1-8-11(2,3)9-6-4-5-7-10(9)12-8;1-6(8-2)5-7(9-3)10-4;1-2-9-6(8)4-3-5-7;;/h10-16,19-23,26H,8-9,17-18,24-25,27-28H2,1-7H3;9-15,18-23H,7-8,16-17,24-27H2,1-6H3;6-7,9-10H,5,8,11-12H2,1-4H3;4-7H,1-3H3;6-7H,5H2,1-4H3;2-5H2,1H3;2*1H/q;2*+1;;;;;/p-2/b11-10+,26-16+,33-23+;;;;;;;. The van der Waals surface area contributed by atoms with Crippen LogP contribution in [0.3, 0.4) is 0 Å². The summed E-state index contributed by atoms with van der Waals surface area (Å²) in [5, 5.41) is 0.867. The normalized spacial score (nSPS) is 17.5. The number of nitrogens with zero attached hydrogens (tertiary/aromatic N) is 6. The Morgan fingerprint density at radius 2 is 0.757 bits per heavy atom. The van der Waals surface area contributed by atoms with Gasteiger partial charge in [0, 0.05) is 183 Å². The van der Waals surface area contributed by atoms with Gasteiger partial charge in [0.15, 0.2) is 17.7 Å². The zero-order chi connectivity index (χ0) is 102. The molecule has 0 saturated heterocycles. The molecule has 0 aliphatic carbocycles. The fourth-order valence-electron chi connectivity index (χ4n) is 18.7. The van der Waals surface area contributed by atoms with Crippen LogP contribution in [0.4, 0.5) is 34.1 Å². The number of halogens is 3. The molecule has 24 heteroatoms. The Hall–Kier alpha value is -9.69. The Balaban J connectivity index is 0.000000329. The Bertz CT molecular complexity index is 5320. The number of anilines is 3. The molecule has 0 N–H and O–H groups in total. The molecule has 140 heavy (non-hydrogen) atoms. The summed E-state index contributed by atoms with van der Waals surface area (Å²) in [7, 11) is 4.92. The fraction of sp³-hybridized carbons (Fsp3) is 0.509. The molecule has 0 radical (unpaired) electrons. The van der Waals surface area contributed by atoms with Crippen LogP contribution in [0.15, 0.2) is 223 Å². The van der Waals surface area contributed by atoms with E-state index in [-0.39, 0.29) is 120 Å². The van der Waals surface area contributed by atoms with Crippen molar-refractivity contribution in [3.05, 3.63) is 251 Å². The number of esters is 6. The van der Waals surface area contributed by atoms with E-state index < -0.39 is 0 Å². The minimum atomic E-state index is -0.287. The Morgan fingerprint density at radius 3 is 1.19 bits per heavy atom. The Morgan fingerprint density at radius 1 is 0.393 bits per heavy atom. The highest BCUT2D eigenvalue weighted by Gasteiger charge is 2.52. The van der Waals surface area contributed by atoms with E-state index in [9.17, 15) is 28.8 Å². The van der Waals surface area contributed by atoms with E-state index in [0.29, 0.717) is 78.2 Å². The quantitative estimate of drug-likeness (QED) is 0.00873. The summed E-state index contributed by atoms with van der Waals surface area (Å²) in [5.74, 6) is -0.771. The maximum Gasteiger partial charge on any atom is 0.306 e. The molecule has 6 aromatic carbocycles. The minimum Gasteiger partial charge on any atom is -1.00 e. The molecule has 0 bridgehead atoms. The minimum absolute atomic E-state index is 0. The third kappa shape index (κ3) is 31.7. The second-order valence-electron chi connectivity index (χ2n) is 38.3. The van der Waals surface area contributed by atoms with E-state index >= 15 is 0 Å². The van der Waals surface area contributed by atoms with Gasteiger partial charge in [-0.2, -0.15) is 9.15 Å². The summed E-state index contributed by atoms with van der Waals surface area (Å²) in [5.41, 5.74) is 20.7. The smallest absolute Gasteiger partial charge is 0.306 e. The summed E-state index contributed by atoms with van der Waals surface area (Å²) in [4.78, 5) is 81.7. The van der Waals surface area contributed by atoms with Crippen molar-refractivity contribution < 1.29 is 115 Å². The van der Waals surface area contributed by atoms with Gasteiger partial charge in [0.05, 0.1) is 80.6 Å². The van der Waals surface area contributed by atoms with E-state index in [0.717, 1.165) is 88.7 Å². The van der Waals surface area contributed by atoms with Crippen LogP contribution < -0.4 is 48.7 Å². The SMILES string of the molecule is CC1=Nc2ccccc2C1(C)C.CCOC(=O)CCCBr.CCOC(=O)CCCN1/C(=C/C=C/C=C/C2(C)N(CCCC(=O)OCC)c3ccccc3C2(C)C)C(C)(C)c2ccccc21.CCOC(=O)CCCN1C(=CC=CC=CC2=[N+](CCCC(=O)OCC)c3ccccc3C2(C)C)C(C)(C)c2ccccc21.CCOC(=O)CCC[N+]1=C(C)C(C)(C)c2ccccc21.COC(C)CC(OC)OC.[Br-].[Br-]. The zero-order valence-corrected chi connectivity index (χ0v) is 93.2. The van der Waals surface area contributed by atoms with Gasteiger partial charge in [-0.3, -0.25) is 33.8 Å². The number of aliphatic imine (C=N–C) groups is 1. The molecule has 0 spiro atoms. The lowest BCUT2D eigenvalue weighted by atomic mass is 9.71. The number of benzene rings is 6. The van der Waals surface area contributed by atoms with Crippen molar-refractivity contribution in [3.63, 3.8) is 0 Å². The Labute approximate surface area is 867 Å². The molecule has 2 atom stereocenters. The predicted octanol–water partition coefficient (Wildman–Crippen LogP) is 18.8. The number of fused-ring (bicyclic) bond motifs is 6. The van der Waals surface area contributed by atoms with Gasteiger partial charge in [-0.15, -0.1) is 0 Å². The maximum atomic E-state index is 12.1. The lowest BCUT2D eigenvalue weighted by Gasteiger charge is -2.43. The number of carbonyl (C=O) groups excluding carboxylic acids is 6. The third-order valence-electron chi connectivity index (χ3n) is 27.3. The van der Waals surface area contributed by atoms with Gasteiger partial charge in [-0.05, 0) is 174 Å². The van der Waals surface area contributed by atoms with Crippen molar-refractivity contribution in [2.24, 2.45) is 4.99 Å². The number of carbonyl (C=O) groups is 6. The lowest BCUT2D eigenvalue weighted by molar-refractivity contribution is -0.439. The molecule has 0 fully saturated rings. The van der Waals surface area contributed by atoms with Crippen molar-refractivity contribution in [1.82, 2.24) is 0 Å². The Kier molecular flexibility index (Phi) is 50.2. The van der Waals surface area contributed by atoms with Crippen LogP contribution in [-0.2, 0) is 104 Å². The fourth-order valence-corrected chi connectivity index (χ4v) is 19.0. The molecule has 0 saturated carbocycles. The number of alkyl halides is 1. The molecule has 21 nitrogen and oxygen atoms in total. The molecule has 6 aliphatic rings. The summed E-state index contributed by atoms with van der Waals surface area (Å²) >= 11 is 3.22. The number of allylic oxidation sites excluding steroid dienone is 11.